The molecule has 0 saturated carbocycles. The number of hydrogen-bond donors (Lipinski definition) is 1. The largest absolute Gasteiger partial charge is 0.508 e. The molecule has 0 aliphatic heterocycles. The lowest BCUT2D eigenvalue weighted by molar-refractivity contribution is -0.137. The van der Waals surface area contributed by atoms with Crippen molar-refractivity contribution in [2.45, 2.75) is 13.1 Å². The number of aryl methyl sites for hydroxylation is 1. The number of imidazole rings is 1. The van der Waals surface area contributed by atoms with Crippen molar-refractivity contribution in [2.75, 3.05) is 0 Å². The number of aromatic hydroxyl groups is 1. The quantitative estimate of drug-likeness (QED) is 0.479. The lowest BCUT2D eigenvalue weighted by Crippen LogP contribution is -2.04. The van der Waals surface area contributed by atoms with Crippen molar-refractivity contribution in [3.8, 4) is 28.3 Å². The van der Waals surface area contributed by atoms with Crippen LogP contribution >= 0.6 is 0 Å². The zero-order valence-electron chi connectivity index (χ0n) is 14.5. The minimum Gasteiger partial charge on any atom is -0.508 e. The highest BCUT2D eigenvalue weighted by molar-refractivity contribution is 5.70. The highest BCUT2D eigenvalue weighted by atomic mass is 19.4. The summed E-state index contributed by atoms with van der Waals surface area (Å²) in [6, 6.07) is 8.60. The Hall–Kier alpha value is -3.42. The fourth-order valence-electron chi connectivity index (χ4n) is 3.10. The van der Waals surface area contributed by atoms with E-state index in [-0.39, 0.29) is 22.6 Å². The van der Waals surface area contributed by atoms with Gasteiger partial charge in [0.2, 0.25) is 0 Å². The number of hydrogen-bond acceptors (Lipinski definition) is 3. The predicted molar refractivity (Wildman–Crippen MR) is 95.2 cm³/mol. The van der Waals surface area contributed by atoms with Crippen molar-refractivity contribution in [1.29, 1.82) is 0 Å². The molecule has 0 amide bonds. The molecule has 8 heteroatoms. The van der Waals surface area contributed by atoms with E-state index in [9.17, 15) is 22.7 Å². The summed E-state index contributed by atoms with van der Waals surface area (Å²) >= 11 is 0. The van der Waals surface area contributed by atoms with Crippen LogP contribution in [0, 0.1) is 12.7 Å². The standard InChI is InChI=1S/C20H13F4N3O/c1-11-19(15-6-5-14(28)8-16(15)21)27-10-17(25-9-18(27)26-11)12-3-2-4-13(7-12)20(22,23)24/h2-10,28H,1H3. The van der Waals surface area contributed by atoms with Gasteiger partial charge < -0.3 is 5.11 Å². The number of benzene rings is 2. The van der Waals surface area contributed by atoms with Crippen LogP contribution in [0.2, 0.25) is 0 Å². The number of nitrogens with zero attached hydrogens (tertiary/aromatic N) is 3. The van der Waals surface area contributed by atoms with Gasteiger partial charge in [-0.05, 0) is 31.2 Å². The Morgan fingerprint density at radius 1 is 1.07 bits per heavy atom. The van der Waals surface area contributed by atoms with Crippen LogP contribution in [0.5, 0.6) is 5.75 Å². The number of phenolic OH excluding ortho intramolecular Hbond substituents is 1. The molecular weight excluding hydrogens is 374 g/mol. The molecule has 0 fully saturated rings. The Morgan fingerprint density at radius 2 is 1.86 bits per heavy atom. The molecule has 28 heavy (non-hydrogen) atoms. The normalized spacial score (nSPS) is 11.9. The molecule has 0 bridgehead atoms. The first-order chi connectivity index (χ1) is 13.2. The fraction of sp³-hybridized carbons (Fsp3) is 0.100. The highest BCUT2D eigenvalue weighted by Crippen LogP contribution is 2.33. The SMILES string of the molecule is Cc1nc2cnc(-c3cccc(C(F)(F)F)c3)cn2c1-c1ccc(O)cc1F. The summed E-state index contributed by atoms with van der Waals surface area (Å²) in [7, 11) is 0. The van der Waals surface area contributed by atoms with Gasteiger partial charge >= 0.3 is 6.18 Å². The molecule has 2 aromatic carbocycles. The van der Waals surface area contributed by atoms with E-state index in [0.717, 1.165) is 18.2 Å². The minimum absolute atomic E-state index is 0.209. The third kappa shape index (κ3) is 3.06. The molecule has 1 N–H and O–H groups in total. The van der Waals surface area contributed by atoms with E-state index in [1.54, 1.807) is 11.3 Å². The van der Waals surface area contributed by atoms with Gasteiger partial charge in [0.1, 0.15) is 11.6 Å². The summed E-state index contributed by atoms with van der Waals surface area (Å²) in [5.41, 5.74) is 1.38. The van der Waals surface area contributed by atoms with Crippen LogP contribution in [-0.2, 0) is 6.18 Å². The molecule has 4 aromatic rings. The molecule has 0 atom stereocenters. The number of halogens is 4. The van der Waals surface area contributed by atoms with Gasteiger partial charge in [-0.25, -0.2) is 9.37 Å². The molecule has 4 rings (SSSR count). The minimum atomic E-state index is -4.47. The summed E-state index contributed by atoms with van der Waals surface area (Å²) < 4.78 is 55.0. The molecule has 0 unspecified atom stereocenters. The third-order valence-electron chi connectivity index (χ3n) is 4.38. The average molecular weight is 387 g/mol. The van der Waals surface area contributed by atoms with Gasteiger partial charge in [-0.1, -0.05) is 12.1 Å². The molecule has 0 saturated heterocycles. The second kappa shape index (κ2) is 6.33. The molecule has 4 nitrogen and oxygen atoms in total. The van der Waals surface area contributed by atoms with E-state index < -0.39 is 17.6 Å². The van der Waals surface area contributed by atoms with Crippen molar-refractivity contribution in [3.63, 3.8) is 0 Å². The fourth-order valence-corrected chi connectivity index (χ4v) is 3.10. The van der Waals surface area contributed by atoms with Gasteiger partial charge in [0.15, 0.2) is 5.65 Å². The zero-order valence-corrected chi connectivity index (χ0v) is 14.5. The Morgan fingerprint density at radius 3 is 2.57 bits per heavy atom. The van der Waals surface area contributed by atoms with E-state index in [2.05, 4.69) is 9.97 Å². The second-order valence-electron chi connectivity index (χ2n) is 6.29. The number of rotatable bonds is 2. The highest BCUT2D eigenvalue weighted by Gasteiger charge is 2.30. The maximum atomic E-state index is 14.4. The molecular formula is C20H13F4N3O. The number of phenols is 1. The molecule has 0 spiro atoms. The summed E-state index contributed by atoms with van der Waals surface area (Å²) in [4.78, 5) is 8.54. The third-order valence-corrected chi connectivity index (χ3v) is 4.38. The van der Waals surface area contributed by atoms with Gasteiger partial charge in [0.05, 0.1) is 28.8 Å². The first-order valence-electron chi connectivity index (χ1n) is 8.25. The summed E-state index contributed by atoms with van der Waals surface area (Å²) in [6.07, 6.45) is -1.52. The van der Waals surface area contributed by atoms with Crippen molar-refractivity contribution in [1.82, 2.24) is 14.4 Å². The van der Waals surface area contributed by atoms with Crippen LogP contribution in [0.15, 0.2) is 54.9 Å². The first kappa shape index (κ1) is 18.0. The zero-order chi connectivity index (χ0) is 20.1. The molecule has 0 aliphatic carbocycles. The number of alkyl halides is 3. The molecule has 142 valence electrons. The van der Waals surface area contributed by atoms with Crippen molar-refractivity contribution in [2.24, 2.45) is 0 Å². The van der Waals surface area contributed by atoms with Crippen molar-refractivity contribution >= 4 is 5.65 Å². The predicted octanol–water partition coefficient (Wildman–Crippen LogP) is 5.24. The van der Waals surface area contributed by atoms with E-state index in [4.69, 9.17) is 0 Å². The van der Waals surface area contributed by atoms with E-state index in [1.165, 1.54) is 36.7 Å². The maximum absolute atomic E-state index is 14.4. The lowest BCUT2D eigenvalue weighted by Gasteiger charge is -2.10. The smallest absolute Gasteiger partial charge is 0.416 e. The van der Waals surface area contributed by atoms with Gasteiger partial charge in [-0.2, -0.15) is 13.2 Å². The monoisotopic (exact) mass is 387 g/mol. The van der Waals surface area contributed by atoms with E-state index in [0.29, 0.717) is 17.0 Å². The van der Waals surface area contributed by atoms with Crippen LogP contribution in [0.3, 0.4) is 0 Å². The molecule has 2 heterocycles. The molecule has 2 aromatic heterocycles. The van der Waals surface area contributed by atoms with Crippen LogP contribution in [0.25, 0.3) is 28.2 Å². The van der Waals surface area contributed by atoms with Gasteiger partial charge in [0.25, 0.3) is 0 Å². The van der Waals surface area contributed by atoms with E-state index in [1.807, 2.05) is 0 Å². The summed E-state index contributed by atoms with van der Waals surface area (Å²) in [5.74, 6) is -0.846. The van der Waals surface area contributed by atoms with Gasteiger partial charge in [0, 0.05) is 23.4 Å². The van der Waals surface area contributed by atoms with Gasteiger partial charge in [-0.3, -0.25) is 9.38 Å². The van der Waals surface area contributed by atoms with Crippen LogP contribution < -0.4 is 0 Å². The summed E-state index contributed by atoms with van der Waals surface area (Å²) in [5, 5.41) is 9.44. The Bertz CT molecular complexity index is 1200. The molecule has 0 radical (unpaired) electrons. The van der Waals surface area contributed by atoms with Crippen LogP contribution in [-0.4, -0.2) is 19.5 Å². The molecule has 0 aliphatic rings. The number of fused-ring (bicyclic) bond motifs is 1. The van der Waals surface area contributed by atoms with Crippen LogP contribution in [0.4, 0.5) is 17.6 Å². The van der Waals surface area contributed by atoms with E-state index >= 15 is 0 Å². The van der Waals surface area contributed by atoms with Crippen LogP contribution in [0.1, 0.15) is 11.3 Å². The first-order valence-corrected chi connectivity index (χ1v) is 8.25. The van der Waals surface area contributed by atoms with Crippen molar-refractivity contribution < 1.29 is 22.7 Å². The Balaban J connectivity index is 1.90. The topological polar surface area (TPSA) is 50.4 Å². The Labute approximate surface area is 156 Å². The number of aromatic nitrogens is 3. The lowest BCUT2D eigenvalue weighted by atomic mass is 10.1. The summed E-state index contributed by atoms with van der Waals surface area (Å²) in [6.45, 7) is 1.69. The average Bonchev–Trinajstić information content (AvgIpc) is 2.96. The maximum Gasteiger partial charge on any atom is 0.416 e. The second-order valence-corrected chi connectivity index (χ2v) is 6.29. The van der Waals surface area contributed by atoms with Gasteiger partial charge in [-0.15, -0.1) is 0 Å². The van der Waals surface area contributed by atoms with Crippen molar-refractivity contribution in [3.05, 3.63) is 71.9 Å². The Kier molecular flexibility index (Phi) is 4.06.